The Labute approximate surface area is 173 Å². The molecule has 2 N–H and O–H groups in total. The summed E-state index contributed by atoms with van der Waals surface area (Å²) in [6.07, 6.45) is 3.70. The molecule has 0 amide bonds. The van der Waals surface area contributed by atoms with Crippen LogP contribution in [-0.2, 0) is 0 Å². The predicted molar refractivity (Wildman–Crippen MR) is 118 cm³/mol. The van der Waals surface area contributed by atoms with E-state index in [1.807, 2.05) is 60.7 Å². The predicted octanol–water partition coefficient (Wildman–Crippen LogP) is 5.91. The first-order valence-corrected chi connectivity index (χ1v) is 9.34. The van der Waals surface area contributed by atoms with Crippen molar-refractivity contribution in [1.82, 2.24) is 9.97 Å². The Bertz CT molecular complexity index is 1190. The number of ether oxygens (including phenoxy) is 1. The Kier molecular flexibility index (Phi) is 5.31. The molecule has 0 unspecified atom stereocenters. The van der Waals surface area contributed by atoms with E-state index in [-0.39, 0.29) is 5.75 Å². The first-order chi connectivity index (χ1) is 14.1. The van der Waals surface area contributed by atoms with E-state index >= 15 is 0 Å². The quantitative estimate of drug-likeness (QED) is 0.433. The summed E-state index contributed by atoms with van der Waals surface area (Å²) in [7, 11) is 1.52. The molecule has 5 nitrogen and oxygen atoms in total. The van der Waals surface area contributed by atoms with Gasteiger partial charge in [0, 0.05) is 16.1 Å². The van der Waals surface area contributed by atoms with Gasteiger partial charge in [-0.05, 0) is 60.2 Å². The molecular formula is C23H18ClN3O2. The number of hydrogen-bond acceptors (Lipinski definition) is 5. The molecule has 0 aliphatic carbocycles. The molecule has 3 aromatic carbocycles. The molecule has 1 aromatic heterocycles. The smallest absolute Gasteiger partial charge is 0.161 e. The van der Waals surface area contributed by atoms with E-state index < -0.39 is 0 Å². The number of phenolic OH excluding ortho intramolecular Hbond substituents is 1. The molecule has 0 aliphatic heterocycles. The van der Waals surface area contributed by atoms with Gasteiger partial charge in [0.1, 0.15) is 5.82 Å². The second-order valence-electron chi connectivity index (χ2n) is 6.34. The van der Waals surface area contributed by atoms with Gasteiger partial charge in [-0.3, -0.25) is 0 Å². The van der Waals surface area contributed by atoms with Gasteiger partial charge in [-0.2, -0.15) is 0 Å². The molecule has 29 heavy (non-hydrogen) atoms. The molecule has 0 bridgehead atoms. The van der Waals surface area contributed by atoms with E-state index in [1.54, 1.807) is 18.2 Å². The van der Waals surface area contributed by atoms with Crippen molar-refractivity contribution < 1.29 is 9.84 Å². The van der Waals surface area contributed by atoms with Gasteiger partial charge in [0.25, 0.3) is 0 Å². The molecular weight excluding hydrogens is 386 g/mol. The summed E-state index contributed by atoms with van der Waals surface area (Å²) in [5.74, 6) is 1.78. The number of methoxy groups -OCH3 is 1. The van der Waals surface area contributed by atoms with Crippen molar-refractivity contribution in [3.8, 4) is 11.5 Å². The molecule has 0 fully saturated rings. The van der Waals surface area contributed by atoms with Crippen molar-refractivity contribution in [3.05, 3.63) is 83.1 Å². The molecule has 0 saturated carbocycles. The topological polar surface area (TPSA) is 67.3 Å². The van der Waals surface area contributed by atoms with Crippen LogP contribution in [0.5, 0.6) is 11.5 Å². The summed E-state index contributed by atoms with van der Waals surface area (Å²) in [5.41, 5.74) is 2.59. The molecule has 1 heterocycles. The summed E-state index contributed by atoms with van der Waals surface area (Å²) in [4.78, 5) is 9.30. The van der Waals surface area contributed by atoms with Crippen LogP contribution in [0.15, 0.2) is 66.7 Å². The Morgan fingerprint density at radius 3 is 2.55 bits per heavy atom. The number of aromatic hydroxyl groups is 1. The third kappa shape index (κ3) is 4.31. The fourth-order valence-corrected chi connectivity index (χ4v) is 3.03. The van der Waals surface area contributed by atoms with Crippen molar-refractivity contribution in [2.75, 3.05) is 12.4 Å². The average molecular weight is 404 g/mol. The zero-order valence-corrected chi connectivity index (χ0v) is 16.4. The van der Waals surface area contributed by atoms with Gasteiger partial charge >= 0.3 is 0 Å². The highest BCUT2D eigenvalue weighted by Gasteiger charge is 2.07. The Balaban J connectivity index is 1.70. The van der Waals surface area contributed by atoms with Crippen molar-refractivity contribution in [2.45, 2.75) is 0 Å². The van der Waals surface area contributed by atoms with Crippen molar-refractivity contribution in [1.29, 1.82) is 0 Å². The molecule has 0 radical (unpaired) electrons. The van der Waals surface area contributed by atoms with Crippen LogP contribution < -0.4 is 10.1 Å². The lowest BCUT2D eigenvalue weighted by Crippen LogP contribution is -1.99. The molecule has 0 spiro atoms. The van der Waals surface area contributed by atoms with E-state index in [4.69, 9.17) is 16.3 Å². The van der Waals surface area contributed by atoms with Crippen LogP contribution in [0.25, 0.3) is 23.1 Å². The number of hydrogen-bond donors (Lipinski definition) is 2. The van der Waals surface area contributed by atoms with Gasteiger partial charge in [0.05, 0.1) is 12.6 Å². The van der Waals surface area contributed by atoms with Gasteiger partial charge < -0.3 is 15.2 Å². The summed E-state index contributed by atoms with van der Waals surface area (Å²) in [6, 6.07) is 20.4. The minimum absolute atomic E-state index is 0.0982. The molecule has 6 heteroatoms. The van der Waals surface area contributed by atoms with Crippen LogP contribution in [0.3, 0.4) is 0 Å². The number of anilines is 2. The lowest BCUT2D eigenvalue weighted by atomic mass is 10.2. The molecule has 4 rings (SSSR count). The van der Waals surface area contributed by atoms with Crippen LogP contribution >= 0.6 is 11.6 Å². The summed E-state index contributed by atoms with van der Waals surface area (Å²) in [5, 5.41) is 14.7. The molecule has 4 aromatic rings. The Morgan fingerprint density at radius 1 is 0.966 bits per heavy atom. The number of rotatable bonds is 5. The highest BCUT2D eigenvalue weighted by Crippen LogP contribution is 2.28. The summed E-state index contributed by atoms with van der Waals surface area (Å²) in [6.45, 7) is 0. The second kappa shape index (κ2) is 8.20. The number of nitrogens with one attached hydrogen (secondary N) is 1. The molecule has 0 aliphatic rings. The zero-order valence-electron chi connectivity index (χ0n) is 15.6. The minimum Gasteiger partial charge on any atom is -0.504 e. The zero-order chi connectivity index (χ0) is 20.2. The van der Waals surface area contributed by atoms with Crippen molar-refractivity contribution in [2.24, 2.45) is 0 Å². The van der Waals surface area contributed by atoms with Crippen LogP contribution in [0.2, 0.25) is 5.02 Å². The minimum atomic E-state index is 0.0982. The largest absolute Gasteiger partial charge is 0.504 e. The maximum atomic E-state index is 9.74. The van der Waals surface area contributed by atoms with E-state index in [0.717, 1.165) is 22.2 Å². The van der Waals surface area contributed by atoms with Crippen LogP contribution in [0.1, 0.15) is 11.4 Å². The van der Waals surface area contributed by atoms with Crippen molar-refractivity contribution in [3.63, 3.8) is 0 Å². The van der Waals surface area contributed by atoms with Gasteiger partial charge in [0.2, 0.25) is 0 Å². The second-order valence-corrected chi connectivity index (χ2v) is 6.78. The molecule has 0 atom stereocenters. The van der Waals surface area contributed by atoms with Crippen LogP contribution in [0.4, 0.5) is 11.5 Å². The standard InChI is InChI=1S/C23H18ClN3O2/c1-29-21-14-15(6-12-20(21)28)7-13-22-26-19-5-3-2-4-18(19)23(27-22)25-17-10-8-16(24)9-11-17/h2-14,28H,1H3,(H,25,26,27)/b13-7+. The maximum absolute atomic E-state index is 9.74. The van der Waals surface area contributed by atoms with Crippen molar-refractivity contribution >= 4 is 46.2 Å². The van der Waals surface area contributed by atoms with Gasteiger partial charge in [-0.1, -0.05) is 35.9 Å². The number of para-hydroxylation sites is 1. The lowest BCUT2D eigenvalue weighted by Gasteiger charge is -2.10. The monoisotopic (exact) mass is 403 g/mol. The third-order valence-electron chi connectivity index (χ3n) is 4.36. The fourth-order valence-electron chi connectivity index (χ4n) is 2.90. The van der Waals surface area contributed by atoms with E-state index in [1.165, 1.54) is 7.11 Å². The first-order valence-electron chi connectivity index (χ1n) is 8.97. The van der Waals surface area contributed by atoms with Gasteiger partial charge in [-0.15, -0.1) is 0 Å². The maximum Gasteiger partial charge on any atom is 0.161 e. The number of nitrogens with zero attached hydrogens (tertiary/aromatic N) is 2. The number of fused-ring (bicyclic) bond motifs is 1. The fraction of sp³-hybridized carbons (Fsp3) is 0.0435. The van der Waals surface area contributed by atoms with Crippen LogP contribution in [0, 0.1) is 0 Å². The number of phenols is 1. The normalized spacial score (nSPS) is 11.1. The number of halogens is 1. The van der Waals surface area contributed by atoms with Gasteiger partial charge in [0.15, 0.2) is 17.3 Å². The Morgan fingerprint density at radius 2 is 1.76 bits per heavy atom. The van der Waals surface area contributed by atoms with E-state index in [0.29, 0.717) is 22.4 Å². The first kappa shape index (κ1) is 18.8. The third-order valence-corrected chi connectivity index (χ3v) is 4.61. The number of benzene rings is 3. The SMILES string of the molecule is COc1cc(/C=C/c2nc(Nc3ccc(Cl)cc3)c3ccccc3n2)ccc1O. The van der Waals surface area contributed by atoms with E-state index in [9.17, 15) is 5.11 Å². The summed E-state index contributed by atoms with van der Waals surface area (Å²) < 4.78 is 5.15. The molecule has 0 saturated heterocycles. The van der Waals surface area contributed by atoms with Gasteiger partial charge in [-0.25, -0.2) is 9.97 Å². The highest BCUT2D eigenvalue weighted by atomic mass is 35.5. The average Bonchev–Trinajstić information content (AvgIpc) is 2.75. The summed E-state index contributed by atoms with van der Waals surface area (Å²) >= 11 is 5.98. The Hall–Kier alpha value is -3.57. The van der Waals surface area contributed by atoms with E-state index in [2.05, 4.69) is 15.3 Å². The number of aromatic nitrogens is 2. The highest BCUT2D eigenvalue weighted by molar-refractivity contribution is 6.30. The molecule has 144 valence electrons. The van der Waals surface area contributed by atoms with Crippen LogP contribution in [-0.4, -0.2) is 22.2 Å². The lowest BCUT2D eigenvalue weighted by molar-refractivity contribution is 0.373.